The topological polar surface area (TPSA) is 72.2 Å². The van der Waals surface area contributed by atoms with Crippen molar-refractivity contribution >= 4 is 55.7 Å². The molecule has 3 heterocycles. The summed E-state index contributed by atoms with van der Waals surface area (Å²) >= 11 is 9.56. The number of aromatic nitrogens is 4. The number of pyridine rings is 1. The standard InChI is InChI=1S/C18H10BrClF3N5O/c1-8-7-12(18(21,22)23)28-16(25-8)13(20)15(27-28)17(29)26-11-5-4-10(19)9-3-2-6-24-14(9)11/h2-7H,1H3,(H,26,29). The molecular weight excluding hydrogens is 475 g/mol. The number of nitrogens with zero attached hydrogens (tertiary/aromatic N) is 4. The second-order valence-corrected chi connectivity index (χ2v) is 7.36. The Labute approximate surface area is 174 Å². The minimum atomic E-state index is -4.69. The van der Waals surface area contributed by atoms with Crippen LogP contribution in [-0.4, -0.2) is 25.5 Å². The number of fused-ring (bicyclic) bond motifs is 2. The summed E-state index contributed by atoms with van der Waals surface area (Å²) in [6.07, 6.45) is -3.13. The molecule has 0 spiro atoms. The van der Waals surface area contributed by atoms with Crippen molar-refractivity contribution in [3.8, 4) is 0 Å². The van der Waals surface area contributed by atoms with Crippen molar-refractivity contribution < 1.29 is 18.0 Å². The number of hydrogen-bond donors (Lipinski definition) is 1. The van der Waals surface area contributed by atoms with Crippen molar-refractivity contribution in [2.45, 2.75) is 13.1 Å². The largest absolute Gasteiger partial charge is 0.433 e. The summed E-state index contributed by atoms with van der Waals surface area (Å²) in [5, 5.41) is 6.87. The fourth-order valence-electron chi connectivity index (χ4n) is 2.88. The zero-order chi connectivity index (χ0) is 20.9. The molecule has 6 nitrogen and oxygen atoms in total. The van der Waals surface area contributed by atoms with Crippen LogP contribution in [0.1, 0.15) is 21.9 Å². The molecule has 1 aromatic carbocycles. The highest BCUT2D eigenvalue weighted by Gasteiger charge is 2.36. The third-order valence-corrected chi connectivity index (χ3v) is 5.17. The van der Waals surface area contributed by atoms with Crippen molar-refractivity contribution in [3.05, 3.63) is 63.1 Å². The number of carbonyl (C=O) groups excluding carboxylic acids is 1. The quantitative estimate of drug-likeness (QED) is 0.421. The second-order valence-electron chi connectivity index (χ2n) is 6.13. The minimum Gasteiger partial charge on any atom is -0.319 e. The molecule has 148 valence electrons. The number of aryl methyl sites for hydroxylation is 1. The monoisotopic (exact) mass is 483 g/mol. The molecule has 1 N–H and O–H groups in total. The highest BCUT2D eigenvalue weighted by Crippen LogP contribution is 2.33. The Morgan fingerprint density at radius 3 is 2.76 bits per heavy atom. The minimum absolute atomic E-state index is 0.0988. The molecule has 0 atom stereocenters. The summed E-state index contributed by atoms with van der Waals surface area (Å²) in [5.74, 6) is -0.777. The van der Waals surface area contributed by atoms with E-state index in [1.807, 2.05) is 6.07 Å². The van der Waals surface area contributed by atoms with Gasteiger partial charge in [-0.2, -0.15) is 18.3 Å². The van der Waals surface area contributed by atoms with E-state index in [2.05, 4.69) is 36.3 Å². The highest BCUT2D eigenvalue weighted by atomic mass is 79.9. The number of alkyl halides is 3. The van der Waals surface area contributed by atoms with Crippen LogP contribution in [0.5, 0.6) is 0 Å². The molecule has 1 amide bonds. The van der Waals surface area contributed by atoms with E-state index in [0.29, 0.717) is 15.7 Å². The lowest BCUT2D eigenvalue weighted by atomic mass is 10.2. The molecule has 0 bridgehead atoms. The number of halogens is 5. The van der Waals surface area contributed by atoms with Crippen LogP contribution in [-0.2, 0) is 6.18 Å². The average Bonchev–Trinajstić information content (AvgIpc) is 2.99. The Hall–Kier alpha value is -2.72. The number of benzene rings is 1. The Bertz CT molecular complexity index is 1290. The SMILES string of the molecule is Cc1cc(C(F)(F)F)n2nc(C(=O)Nc3ccc(Br)c4cccnc34)c(Cl)c2n1. The first kappa shape index (κ1) is 19.6. The average molecular weight is 485 g/mol. The summed E-state index contributed by atoms with van der Waals surface area (Å²) in [6, 6.07) is 7.72. The first-order valence-electron chi connectivity index (χ1n) is 8.14. The van der Waals surface area contributed by atoms with E-state index < -0.39 is 17.8 Å². The van der Waals surface area contributed by atoms with Crippen molar-refractivity contribution in [2.75, 3.05) is 5.32 Å². The van der Waals surface area contributed by atoms with E-state index in [9.17, 15) is 18.0 Å². The zero-order valence-electron chi connectivity index (χ0n) is 14.6. The lowest BCUT2D eigenvalue weighted by molar-refractivity contribution is -0.142. The van der Waals surface area contributed by atoms with Crippen molar-refractivity contribution in [1.29, 1.82) is 0 Å². The first-order valence-corrected chi connectivity index (χ1v) is 9.31. The predicted molar refractivity (Wildman–Crippen MR) is 105 cm³/mol. The van der Waals surface area contributed by atoms with Gasteiger partial charge in [0.25, 0.3) is 5.91 Å². The smallest absolute Gasteiger partial charge is 0.319 e. The van der Waals surface area contributed by atoms with E-state index in [1.165, 1.54) is 6.92 Å². The van der Waals surface area contributed by atoms with Gasteiger partial charge in [-0.3, -0.25) is 9.78 Å². The molecule has 29 heavy (non-hydrogen) atoms. The Morgan fingerprint density at radius 2 is 2.03 bits per heavy atom. The summed E-state index contributed by atoms with van der Waals surface area (Å²) < 4.78 is 41.4. The third kappa shape index (κ3) is 3.42. The number of hydrogen-bond acceptors (Lipinski definition) is 4. The van der Waals surface area contributed by atoms with Gasteiger partial charge in [0.05, 0.1) is 11.2 Å². The maximum atomic E-state index is 13.4. The van der Waals surface area contributed by atoms with E-state index >= 15 is 0 Å². The first-order chi connectivity index (χ1) is 13.7. The number of carbonyl (C=O) groups is 1. The van der Waals surface area contributed by atoms with Gasteiger partial charge in [-0.05, 0) is 31.2 Å². The lowest BCUT2D eigenvalue weighted by Gasteiger charge is -2.09. The summed E-state index contributed by atoms with van der Waals surface area (Å²) in [4.78, 5) is 21.0. The molecule has 0 unspecified atom stereocenters. The van der Waals surface area contributed by atoms with Gasteiger partial charge in [0.1, 0.15) is 10.7 Å². The van der Waals surface area contributed by atoms with Gasteiger partial charge in [-0.1, -0.05) is 33.6 Å². The van der Waals surface area contributed by atoms with E-state index in [1.54, 1.807) is 24.4 Å². The summed E-state index contributed by atoms with van der Waals surface area (Å²) in [7, 11) is 0. The normalized spacial score (nSPS) is 11.9. The molecule has 0 saturated carbocycles. The van der Waals surface area contributed by atoms with Crippen LogP contribution in [0, 0.1) is 6.92 Å². The molecule has 0 aliphatic heterocycles. The fourth-order valence-corrected chi connectivity index (χ4v) is 3.58. The molecule has 11 heteroatoms. The maximum absolute atomic E-state index is 13.4. The Morgan fingerprint density at radius 1 is 1.28 bits per heavy atom. The number of amides is 1. The van der Waals surface area contributed by atoms with Gasteiger partial charge in [0, 0.05) is 21.7 Å². The highest BCUT2D eigenvalue weighted by molar-refractivity contribution is 9.10. The van der Waals surface area contributed by atoms with E-state index in [0.717, 1.165) is 15.9 Å². The molecule has 0 aliphatic rings. The van der Waals surface area contributed by atoms with Crippen molar-refractivity contribution in [3.63, 3.8) is 0 Å². The van der Waals surface area contributed by atoms with Crippen molar-refractivity contribution in [2.24, 2.45) is 0 Å². The van der Waals surface area contributed by atoms with E-state index in [-0.39, 0.29) is 22.1 Å². The van der Waals surface area contributed by atoms with Gasteiger partial charge in [0.15, 0.2) is 11.3 Å². The van der Waals surface area contributed by atoms with Gasteiger partial charge < -0.3 is 5.32 Å². The molecule has 4 aromatic rings. The van der Waals surface area contributed by atoms with Crippen molar-refractivity contribution in [1.82, 2.24) is 19.6 Å². The second kappa shape index (κ2) is 6.96. The lowest BCUT2D eigenvalue weighted by Crippen LogP contribution is -2.16. The van der Waals surface area contributed by atoms with Crippen LogP contribution in [0.4, 0.5) is 18.9 Å². The van der Waals surface area contributed by atoms with Gasteiger partial charge in [0.2, 0.25) is 0 Å². The molecule has 0 fully saturated rings. The summed E-state index contributed by atoms with van der Waals surface area (Å²) in [6.45, 7) is 1.40. The van der Waals surface area contributed by atoms with Crippen LogP contribution < -0.4 is 5.32 Å². The number of nitrogens with one attached hydrogen (secondary N) is 1. The van der Waals surface area contributed by atoms with Gasteiger partial charge >= 0.3 is 6.18 Å². The molecule has 0 aliphatic carbocycles. The Kier molecular flexibility index (Phi) is 4.70. The van der Waals surface area contributed by atoms with Crippen LogP contribution >= 0.6 is 27.5 Å². The van der Waals surface area contributed by atoms with Crippen LogP contribution in [0.15, 0.2) is 41.0 Å². The summed E-state index contributed by atoms with van der Waals surface area (Å²) in [5.41, 5.74) is -0.731. The molecule has 4 rings (SSSR count). The predicted octanol–water partition coefficient (Wildman–Crippen LogP) is 5.27. The van der Waals surface area contributed by atoms with Gasteiger partial charge in [-0.25, -0.2) is 9.50 Å². The zero-order valence-corrected chi connectivity index (χ0v) is 16.9. The van der Waals surface area contributed by atoms with Crippen LogP contribution in [0.3, 0.4) is 0 Å². The number of anilines is 1. The number of rotatable bonds is 2. The van der Waals surface area contributed by atoms with Gasteiger partial charge in [-0.15, -0.1) is 0 Å². The Balaban J connectivity index is 1.81. The third-order valence-electron chi connectivity index (χ3n) is 4.13. The fraction of sp³-hybridized carbons (Fsp3) is 0.111. The molecular formula is C18H10BrClF3N5O. The molecule has 0 radical (unpaired) electrons. The molecule has 3 aromatic heterocycles. The maximum Gasteiger partial charge on any atom is 0.433 e. The van der Waals surface area contributed by atoms with Crippen LogP contribution in [0.2, 0.25) is 5.02 Å². The van der Waals surface area contributed by atoms with Crippen LogP contribution in [0.25, 0.3) is 16.6 Å². The molecule has 0 saturated heterocycles. The van der Waals surface area contributed by atoms with E-state index in [4.69, 9.17) is 11.6 Å².